The van der Waals surface area contributed by atoms with Gasteiger partial charge in [-0.1, -0.05) is 29.5 Å². The highest BCUT2D eigenvalue weighted by atomic mass is 32.2. The third kappa shape index (κ3) is 4.55. The summed E-state index contributed by atoms with van der Waals surface area (Å²) in [4.78, 5) is 17.5. The number of carbonyl (C=O) groups is 1. The Morgan fingerprint density at radius 2 is 1.85 bits per heavy atom. The SMILES string of the molecule is Cn1cc(S(=O)(=O)N2CCOCC2)cc1C(=O)Nc1nc2ccc(Oc3ccccc3)cc2s1. The second kappa shape index (κ2) is 9.18. The van der Waals surface area contributed by atoms with Crippen molar-refractivity contribution in [1.82, 2.24) is 13.9 Å². The molecule has 4 aromatic rings. The van der Waals surface area contributed by atoms with Gasteiger partial charge >= 0.3 is 0 Å². The van der Waals surface area contributed by atoms with Gasteiger partial charge in [-0.15, -0.1) is 0 Å². The van der Waals surface area contributed by atoms with Gasteiger partial charge in [-0.2, -0.15) is 4.31 Å². The Balaban J connectivity index is 1.33. The first kappa shape index (κ1) is 22.5. The largest absolute Gasteiger partial charge is 0.457 e. The van der Waals surface area contributed by atoms with E-state index in [9.17, 15) is 13.2 Å². The summed E-state index contributed by atoms with van der Waals surface area (Å²) in [7, 11) is -2.06. The van der Waals surface area contributed by atoms with Gasteiger partial charge in [-0.05, 0) is 30.3 Å². The molecule has 9 nitrogen and oxygen atoms in total. The maximum absolute atomic E-state index is 12.9. The smallest absolute Gasteiger partial charge is 0.274 e. The van der Waals surface area contributed by atoms with Crippen LogP contribution in [0.2, 0.25) is 0 Å². The number of aromatic nitrogens is 2. The molecule has 1 fully saturated rings. The molecule has 11 heteroatoms. The maximum Gasteiger partial charge on any atom is 0.274 e. The summed E-state index contributed by atoms with van der Waals surface area (Å²) in [5.74, 6) is 0.956. The molecule has 0 saturated carbocycles. The average molecular weight is 499 g/mol. The number of hydrogen-bond donors (Lipinski definition) is 1. The van der Waals surface area contributed by atoms with Gasteiger partial charge < -0.3 is 14.0 Å². The summed E-state index contributed by atoms with van der Waals surface area (Å²) >= 11 is 1.31. The summed E-state index contributed by atoms with van der Waals surface area (Å²) < 4.78 is 40.7. The third-order valence-corrected chi connectivity index (χ3v) is 8.18. The van der Waals surface area contributed by atoms with E-state index in [0.717, 1.165) is 16.0 Å². The Kier molecular flexibility index (Phi) is 6.09. The molecular formula is C23H22N4O5S2. The summed E-state index contributed by atoms with van der Waals surface area (Å²) in [5, 5.41) is 3.19. The van der Waals surface area contributed by atoms with Crippen molar-refractivity contribution < 1.29 is 22.7 Å². The number of anilines is 1. The number of benzene rings is 2. The Bertz CT molecular complexity index is 1440. The molecule has 0 radical (unpaired) electrons. The lowest BCUT2D eigenvalue weighted by molar-refractivity contribution is 0.0730. The quantitative estimate of drug-likeness (QED) is 0.435. The average Bonchev–Trinajstić information content (AvgIpc) is 3.43. The van der Waals surface area contributed by atoms with Crippen molar-refractivity contribution in [2.24, 2.45) is 7.05 Å². The van der Waals surface area contributed by atoms with Crippen LogP contribution in [0.25, 0.3) is 10.2 Å². The number of rotatable bonds is 6. The second-order valence-corrected chi connectivity index (χ2v) is 10.7. The van der Waals surface area contributed by atoms with Gasteiger partial charge in [0.05, 0.1) is 23.4 Å². The Morgan fingerprint density at radius 1 is 1.09 bits per heavy atom. The van der Waals surface area contributed by atoms with Crippen LogP contribution in [-0.4, -0.2) is 54.5 Å². The number of ether oxygens (including phenoxy) is 2. The molecule has 2 aromatic carbocycles. The predicted molar refractivity (Wildman–Crippen MR) is 129 cm³/mol. The first-order valence-electron chi connectivity index (χ1n) is 10.6. The molecule has 3 heterocycles. The molecule has 0 bridgehead atoms. The minimum absolute atomic E-state index is 0.0778. The van der Waals surface area contributed by atoms with Crippen LogP contribution in [0.4, 0.5) is 5.13 Å². The summed E-state index contributed by atoms with van der Waals surface area (Å²) in [6.07, 6.45) is 1.45. The normalized spacial score (nSPS) is 14.9. The van der Waals surface area contributed by atoms with Crippen LogP contribution >= 0.6 is 11.3 Å². The Labute approximate surface area is 200 Å². The molecule has 2 aromatic heterocycles. The van der Waals surface area contributed by atoms with E-state index in [1.54, 1.807) is 7.05 Å². The first-order valence-corrected chi connectivity index (χ1v) is 12.8. The van der Waals surface area contributed by atoms with Gasteiger partial charge in [0.15, 0.2) is 5.13 Å². The molecule has 5 rings (SSSR count). The molecule has 1 aliphatic rings. The first-order chi connectivity index (χ1) is 16.4. The number of nitrogens with zero attached hydrogens (tertiary/aromatic N) is 3. The zero-order chi connectivity index (χ0) is 23.7. The number of fused-ring (bicyclic) bond motifs is 1. The van der Waals surface area contributed by atoms with E-state index in [1.807, 2.05) is 48.5 Å². The molecule has 176 valence electrons. The molecule has 34 heavy (non-hydrogen) atoms. The van der Waals surface area contributed by atoms with E-state index in [4.69, 9.17) is 9.47 Å². The minimum atomic E-state index is -3.70. The maximum atomic E-state index is 12.9. The topological polar surface area (TPSA) is 103 Å². The standard InChI is InChI=1S/C23H22N4O5S2/c1-26-15-18(34(29,30)27-9-11-31-12-10-27)14-20(26)22(28)25-23-24-19-8-7-17(13-21(19)33-23)32-16-5-3-2-4-6-16/h2-8,13-15H,9-12H2,1H3,(H,24,25,28). The van der Waals surface area contributed by atoms with Crippen LogP contribution in [0.1, 0.15) is 10.5 Å². The highest BCUT2D eigenvalue weighted by Crippen LogP contribution is 2.31. The van der Waals surface area contributed by atoms with Gasteiger partial charge in [-0.25, -0.2) is 13.4 Å². The molecule has 1 amide bonds. The number of nitrogens with one attached hydrogen (secondary N) is 1. The van der Waals surface area contributed by atoms with Crippen molar-refractivity contribution in [3.8, 4) is 11.5 Å². The number of aryl methyl sites for hydroxylation is 1. The van der Waals surface area contributed by atoms with Gasteiger partial charge in [0.1, 0.15) is 22.1 Å². The molecular weight excluding hydrogens is 476 g/mol. The minimum Gasteiger partial charge on any atom is -0.457 e. The highest BCUT2D eigenvalue weighted by molar-refractivity contribution is 7.89. The van der Waals surface area contributed by atoms with Crippen LogP contribution in [0.15, 0.2) is 65.7 Å². The molecule has 1 aliphatic heterocycles. The van der Waals surface area contributed by atoms with E-state index in [-0.39, 0.29) is 10.6 Å². The molecule has 0 atom stereocenters. The number of sulfonamides is 1. The van der Waals surface area contributed by atoms with Crippen LogP contribution in [0.5, 0.6) is 11.5 Å². The van der Waals surface area contributed by atoms with Crippen LogP contribution in [0, 0.1) is 0 Å². The monoisotopic (exact) mass is 498 g/mol. The predicted octanol–water partition coefficient (Wildman–Crippen LogP) is 3.70. The van der Waals surface area contributed by atoms with Gasteiger partial charge in [0.25, 0.3) is 5.91 Å². The molecule has 1 N–H and O–H groups in total. The summed E-state index contributed by atoms with van der Waals surface area (Å²) in [6, 6.07) is 16.4. The van der Waals surface area contributed by atoms with Crippen molar-refractivity contribution in [3.63, 3.8) is 0 Å². The number of carbonyl (C=O) groups excluding carboxylic acids is 1. The van der Waals surface area contributed by atoms with Crippen molar-refractivity contribution >= 4 is 42.6 Å². The molecule has 1 saturated heterocycles. The lowest BCUT2D eigenvalue weighted by Gasteiger charge is -2.25. The lowest BCUT2D eigenvalue weighted by Crippen LogP contribution is -2.40. The van der Waals surface area contributed by atoms with E-state index in [2.05, 4.69) is 10.3 Å². The van der Waals surface area contributed by atoms with Crippen molar-refractivity contribution in [2.75, 3.05) is 31.6 Å². The Morgan fingerprint density at radius 3 is 2.62 bits per heavy atom. The third-order valence-electron chi connectivity index (χ3n) is 5.38. The molecule has 0 unspecified atom stereocenters. The second-order valence-electron chi connectivity index (χ2n) is 7.71. The fourth-order valence-electron chi connectivity index (χ4n) is 3.64. The van der Waals surface area contributed by atoms with E-state index >= 15 is 0 Å². The van der Waals surface area contributed by atoms with Crippen molar-refractivity contribution in [1.29, 1.82) is 0 Å². The number of morpholine rings is 1. The van der Waals surface area contributed by atoms with Crippen LogP contribution in [0.3, 0.4) is 0 Å². The summed E-state index contributed by atoms with van der Waals surface area (Å²) in [5.41, 5.74) is 0.947. The van der Waals surface area contributed by atoms with Crippen LogP contribution in [-0.2, 0) is 21.8 Å². The Hall–Kier alpha value is -3.25. The number of para-hydroxylation sites is 1. The van der Waals surface area contributed by atoms with E-state index in [1.165, 1.54) is 32.5 Å². The van der Waals surface area contributed by atoms with E-state index < -0.39 is 15.9 Å². The van der Waals surface area contributed by atoms with Crippen molar-refractivity contribution in [2.45, 2.75) is 4.90 Å². The zero-order valence-electron chi connectivity index (χ0n) is 18.3. The van der Waals surface area contributed by atoms with Crippen molar-refractivity contribution in [3.05, 3.63) is 66.5 Å². The lowest BCUT2D eigenvalue weighted by atomic mass is 10.3. The summed E-state index contributed by atoms with van der Waals surface area (Å²) in [6.45, 7) is 1.30. The molecule has 0 spiro atoms. The van der Waals surface area contributed by atoms with Gasteiger partial charge in [0, 0.05) is 32.4 Å². The number of hydrogen-bond acceptors (Lipinski definition) is 7. The highest BCUT2D eigenvalue weighted by Gasteiger charge is 2.29. The van der Waals surface area contributed by atoms with Gasteiger partial charge in [0.2, 0.25) is 10.0 Å². The zero-order valence-corrected chi connectivity index (χ0v) is 19.9. The fraction of sp³-hybridized carbons (Fsp3) is 0.217. The molecule has 0 aliphatic carbocycles. The fourth-order valence-corrected chi connectivity index (χ4v) is 6.01. The number of thiazole rings is 1. The van der Waals surface area contributed by atoms with E-state index in [0.29, 0.717) is 37.2 Å². The van der Waals surface area contributed by atoms with Gasteiger partial charge in [-0.3, -0.25) is 10.1 Å². The van der Waals surface area contributed by atoms with Crippen LogP contribution < -0.4 is 10.1 Å². The number of amides is 1.